The number of carbonyl (C=O) groups is 1. The number of halogens is 1. The Kier molecular flexibility index (Phi) is 3.70. The van der Waals surface area contributed by atoms with Gasteiger partial charge in [-0.15, -0.1) is 11.3 Å². The molecule has 4 aromatic rings. The first-order valence-corrected chi connectivity index (χ1v) is 8.80. The zero-order valence-corrected chi connectivity index (χ0v) is 14.6. The highest BCUT2D eigenvalue weighted by atomic mass is 79.9. The van der Waals surface area contributed by atoms with Gasteiger partial charge in [-0.05, 0) is 34.1 Å². The van der Waals surface area contributed by atoms with E-state index in [0.717, 1.165) is 9.35 Å². The number of carbonyl (C=O) groups excluding carboxylic acids is 1. The lowest BCUT2D eigenvalue weighted by Gasteiger charge is -2.04. The highest BCUT2D eigenvalue weighted by molar-refractivity contribution is 9.10. The average molecular weight is 403 g/mol. The van der Waals surface area contributed by atoms with Crippen LogP contribution in [0.4, 0.5) is 0 Å². The zero-order chi connectivity index (χ0) is 16.7. The SMILES string of the molecule is O=C(NCc1cc(Br)cs1)c1cnn2c1[nH]c(=O)c1ccccc12. The minimum absolute atomic E-state index is 0.241. The fourth-order valence-corrected chi connectivity index (χ4v) is 3.94. The summed E-state index contributed by atoms with van der Waals surface area (Å²) < 4.78 is 2.57. The molecule has 0 aliphatic heterocycles. The Morgan fingerprint density at radius 1 is 1.38 bits per heavy atom. The first kappa shape index (κ1) is 15.1. The Bertz CT molecular complexity index is 1130. The van der Waals surface area contributed by atoms with Crippen molar-refractivity contribution in [1.82, 2.24) is 19.9 Å². The summed E-state index contributed by atoms with van der Waals surface area (Å²) in [6.45, 7) is 0.421. The van der Waals surface area contributed by atoms with Gasteiger partial charge in [0.15, 0.2) is 0 Å². The second-order valence-electron chi connectivity index (χ2n) is 5.20. The van der Waals surface area contributed by atoms with Crippen molar-refractivity contribution in [3.63, 3.8) is 0 Å². The van der Waals surface area contributed by atoms with Crippen molar-refractivity contribution in [2.75, 3.05) is 0 Å². The van der Waals surface area contributed by atoms with Gasteiger partial charge < -0.3 is 10.3 Å². The van der Waals surface area contributed by atoms with Crippen LogP contribution in [0.2, 0.25) is 0 Å². The van der Waals surface area contributed by atoms with Gasteiger partial charge in [0.25, 0.3) is 11.5 Å². The molecule has 0 saturated heterocycles. The molecule has 1 amide bonds. The van der Waals surface area contributed by atoms with Gasteiger partial charge in [0.05, 0.1) is 23.6 Å². The molecule has 0 unspecified atom stereocenters. The number of nitrogens with one attached hydrogen (secondary N) is 2. The van der Waals surface area contributed by atoms with E-state index in [2.05, 4.69) is 31.3 Å². The smallest absolute Gasteiger partial charge is 0.259 e. The first-order chi connectivity index (χ1) is 11.6. The van der Waals surface area contributed by atoms with E-state index >= 15 is 0 Å². The minimum atomic E-state index is -0.277. The van der Waals surface area contributed by atoms with Crippen LogP contribution < -0.4 is 10.9 Å². The normalized spacial score (nSPS) is 11.2. The topological polar surface area (TPSA) is 79.3 Å². The number of aromatic amines is 1. The van der Waals surface area contributed by atoms with Gasteiger partial charge >= 0.3 is 0 Å². The van der Waals surface area contributed by atoms with Gasteiger partial charge in [-0.3, -0.25) is 9.59 Å². The highest BCUT2D eigenvalue weighted by Crippen LogP contribution is 2.20. The van der Waals surface area contributed by atoms with Crippen LogP contribution >= 0.6 is 27.3 Å². The molecule has 0 aliphatic carbocycles. The lowest BCUT2D eigenvalue weighted by molar-refractivity contribution is 0.0952. The lowest BCUT2D eigenvalue weighted by atomic mass is 10.2. The number of hydrogen-bond acceptors (Lipinski definition) is 4. The Hall–Kier alpha value is -2.45. The average Bonchev–Trinajstić information content (AvgIpc) is 3.19. The number of thiophene rings is 1. The third-order valence-corrected chi connectivity index (χ3v) is 5.37. The maximum atomic E-state index is 12.5. The van der Waals surface area contributed by atoms with Crippen molar-refractivity contribution >= 4 is 49.7 Å². The molecule has 0 fully saturated rings. The predicted molar refractivity (Wildman–Crippen MR) is 96.5 cm³/mol. The summed E-state index contributed by atoms with van der Waals surface area (Å²) >= 11 is 4.94. The third-order valence-electron chi connectivity index (χ3n) is 3.67. The van der Waals surface area contributed by atoms with Crippen molar-refractivity contribution in [2.24, 2.45) is 0 Å². The molecule has 0 bridgehead atoms. The maximum absolute atomic E-state index is 12.5. The Morgan fingerprint density at radius 2 is 2.21 bits per heavy atom. The number of rotatable bonds is 3. The van der Waals surface area contributed by atoms with E-state index in [1.807, 2.05) is 17.5 Å². The molecular weight excluding hydrogens is 392 g/mol. The molecule has 24 heavy (non-hydrogen) atoms. The lowest BCUT2D eigenvalue weighted by Crippen LogP contribution is -2.23. The maximum Gasteiger partial charge on any atom is 0.259 e. The molecular formula is C16H11BrN4O2S. The zero-order valence-electron chi connectivity index (χ0n) is 12.2. The number of hydrogen-bond donors (Lipinski definition) is 2. The van der Waals surface area contributed by atoms with Crippen molar-refractivity contribution in [3.05, 3.63) is 67.2 Å². The molecule has 6 nitrogen and oxygen atoms in total. The van der Waals surface area contributed by atoms with Gasteiger partial charge in [-0.25, -0.2) is 4.52 Å². The summed E-state index contributed by atoms with van der Waals surface area (Å²) in [5.74, 6) is -0.277. The van der Waals surface area contributed by atoms with Gasteiger partial charge in [0, 0.05) is 14.7 Å². The van der Waals surface area contributed by atoms with Crippen molar-refractivity contribution in [1.29, 1.82) is 0 Å². The fraction of sp³-hybridized carbons (Fsp3) is 0.0625. The summed E-state index contributed by atoms with van der Waals surface area (Å²) in [5.41, 5.74) is 1.16. The van der Waals surface area contributed by atoms with E-state index in [-0.39, 0.29) is 11.5 Å². The summed E-state index contributed by atoms with van der Waals surface area (Å²) in [6.07, 6.45) is 1.47. The standard InChI is InChI=1S/C16H11BrN4O2S/c17-9-5-10(24-8-9)6-18-15(22)12-7-19-21-13-4-2-1-3-11(13)16(23)20-14(12)21/h1-5,7-8H,6H2,(H,18,22)(H,20,23). The van der Waals surface area contributed by atoms with E-state index in [4.69, 9.17) is 0 Å². The molecule has 0 spiro atoms. The second kappa shape index (κ2) is 5.88. The Labute approximate surface area is 148 Å². The molecule has 0 saturated carbocycles. The Balaban J connectivity index is 1.72. The summed E-state index contributed by atoms with van der Waals surface area (Å²) in [4.78, 5) is 28.4. The quantitative estimate of drug-likeness (QED) is 0.552. The van der Waals surface area contributed by atoms with Crippen LogP contribution in [0.5, 0.6) is 0 Å². The van der Waals surface area contributed by atoms with Gasteiger partial charge in [-0.2, -0.15) is 5.10 Å². The fourth-order valence-electron chi connectivity index (χ4n) is 2.55. The van der Waals surface area contributed by atoms with Gasteiger partial charge in [0.1, 0.15) is 11.2 Å². The number of fused-ring (bicyclic) bond motifs is 3. The molecule has 1 aromatic carbocycles. The van der Waals surface area contributed by atoms with E-state index < -0.39 is 0 Å². The summed E-state index contributed by atoms with van der Waals surface area (Å²) in [6, 6.07) is 9.10. The molecule has 4 rings (SSSR count). The van der Waals surface area contributed by atoms with E-state index in [1.54, 1.807) is 34.1 Å². The van der Waals surface area contributed by atoms with Crippen molar-refractivity contribution in [2.45, 2.75) is 6.54 Å². The number of nitrogens with zero attached hydrogens (tertiary/aromatic N) is 2. The molecule has 3 aromatic heterocycles. The highest BCUT2D eigenvalue weighted by Gasteiger charge is 2.16. The van der Waals surface area contributed by atoms with Crippen LogP contribution in [-0.2, 0) is 6.54 Å². The van der Waals surface area contributed by atoms with Crippen LogP contribution in [0.25, 0.3) is 16.6 Å². The molecule has 120 valence electrons. The molecule has 0 aliphatic rings. The largest absolute Gasteiger partial charge is 0.347 e. The van der Waals surface area contributed by atoms with Crippen molar-refractivity contribution in [3.8, 4) is 0 Å². The second-order valence-corrected chi connectivity index (χ2v) is 7.12. The van der Waals surface area contributed by atoms with Crippen LogP contribution in [0.1, 0.15) is 15.2 Å². The number of aromatic nitrogens is 3. The molecule has 0 radical (unpaired) electrons. The van der Waals surface area contributed by atoms with Crippen molar-refractivity contribution < 1.29 is 4.79 Å². The monoisotopic (exact) mass is 402 g/mol. The Morgan fingerprint density at radius 3 is 3.00 bits per heavy atom. The number of para-hydroxylation sites is 1. The molecule has 0 atom stereocenters. The first-order valence-electron chi connectivity index (χ1n) is 7.13. The third kappa shape index (κ3) is 2.53. The van der Waals surface area contributed by atoms with Crippen LogP contribution in [0, 0.1) is 0 Å². The molecule has 8 heteroatoms. The predicted octanol–water partition coefficient (Wildman–Crippen LogP) is 2.93. The van der Waals surface area contributed by atoms with Gasteiger partial charge in [0.2, 0.25) is 0 Å². The van der Waals surface area contributed by atoms with Crippen LogP contribution in [0.15, 0.2) is 51.2 Å². The van der Waals surface area contributed by atoms with Crippen LogP contribution in [0.3, 0.4) is 0 Å². The van der Waals surface area contributed by atoms with E-state index in [9.17, 15) is 9.59 Å². The van der Waals surface area contributed by atoms with E-state index in [0.29, 0.717) is 28.7 Å². The van der Waals surface area contributed by atoms with Crippen LogP contribution in [-0.4, -0.2) is 20.5 Å². The number of amides is 1. The summed E-state index contributed by atoms with van der Waals surface area (Å²) in [7, 11) is 0. The molecule has 2 N–H and O–H groups in total. The summed E-state index contributed by atoms with van der Waals surface area (Å²) in [5, 5.41) is 9.59. The van der Waals surface area contributed by atoms with Gasteiger partial charge in [-0.1, -0.05) is 12.1 Å². The number of benzene rings is 1. The number of H-pyrrole nitrogens is 1. The van der Waals surface area contributed by atoms with E-state index in [1.165, 1.54) is 6.20 Å². The molecule has 3 heterocycles. The minimum Gasteiger partial charge on any atom is -0.347 e.